The zero-order valence-electron chi connectivity index (χ0n) is 22.3. The fourth-order valence-corrected chi connectivity index (χ4v) is 4.28. The van der Waals surface area contributed by atoms with E-state index in [1.807, 2.05) is 55.1 Å². The molecule has 10 heteroatoms. The van der Waals surface area contributed by atoms with Gasteiger partial charge >= 0.3 is 0 Å². The maximum absolute atomic E-state index is 13.1. The average molecular weight is 522 g/mol. The van der Waals surface area contributed by atoms with Gasteiger partial charge in [0.15, 0.2) is 11.5 Å². The molecule has 3 heterocycles. The molecule has 2 amide bonds. The molecular formula is C28H35N5O5. The van der Waals surface area contributed by atoms with E-state index in [1.165, 1.54) is 0 Å². The molecule has 0 saturated carbocycles. The lowest BCUT2D eigenvalue weighted by molar-refractivity contribution is -0.130. The number of carbonyl (C=O) groups excluding carboxylic acids is 2. The molecule has 0 fully saturated rings. The SMILES string of the molecule is COc1ccc2cc1OCCCN(Cc1ccccn1)CC(=O)N[C@@H](C(C)C)C(=O)NCc1nc-2oc1C. The number of ether oxygens (including phenoxy) is 2. The zero-order chi connectivity index (χ0) is 27.1. The van der Waals surface area contributed by atoms with Gasteiger partial charge in [0.1, 0.15) is 17.5 Å². The lowest BCUT2D eigenvalue weighted by Crippen LogP contribution is -2.51. The van der Waals surface area contributed by atoms with Crippen LogP contribution in [0.25, 0.3) is 11.5 Å². The molecule has 0 aliphatic carbocycles. The van der Waals surface area contributed by atoms with E-state index < -0.39 is 6.04 Å². The summed E-state index contributed by atoms with van der Waals surface area (Å²) in [6.07, 6.45) is 2.39. The second kappa shape index (κ2) is 12.6. The number of hydrogen-bond acceptors (Lipinski definition) is 8. The van der Waals surface area contributed by atoms with Crippen molar-refractivity contribution >= 4 is 11.8 Å². The minimum absolute atomic E-state index is 0.103. The summed E-state index contributed by atoms with van der Waals surface area (Å²) in [6.45, 7) is 7.41. The Morgan fingerprint density at radius 2 is 2.05 bits per heavy atom. The number of amides is 2. The van der Waals surface area contributed by atoms with Gasteiger partial charge in [0, 0.05) is 24.8 Å². The topological polar surface area (TPSA) is 119 Å². The number of nitrogens with zero attached hydrogens (tertiary/aromatic N) is 3. The highest BCUT2D eigenvalue weighted by Gasteiger charge is 2.26. The van der Waals surface area contributed by atoms with Crippen LogP contribution in [0.15, 0.2) is 47.0 Å². The summed E-state index contributed by atoms with van der Waals surface area (Å²) < 4.78 is 17.5. The van der Waals surface area contributed by atoms with Crippen molar-refractivity contribution in [1.82, 2.24) is 25.5 Å². The number of rotatable bonds is 4. The van der Waals surface area contributed by atoms with E-state index in [1.54, 1.807) is 20.2 Å². The molecule has 202 valence electrons. The third-order valence-corrected chi connectivity index (χ3v) is 6.35. The van der Waals surface area contributed by atoms with Crippen molar-refractivity contribution in [1.29, 1.82) is 0 Å². The van der Waals surface area contributed by atoms with E-state index in [9.17, 15) is 9.59 Å². The minimum Gasteiger partial charge on any atom is -0.493 e. The standard InChI is InChI=1S/C28H35N5O5/c1-18(2)26-27(35)30-15-22-19(3)38-28(31-22)20-9-10-23(36-4)24(14-20)37-13-7-12-33(17-25(34)32-26)16-21-8-5-6-11-29-21/h5-6,8-11,14,18,26H,7,12-13,15-17H2,1-4H3,(H,30,35)(H,32,34)/t26-/m0/s1. The van der Waals surface area contributed by atoms with E-state index >= 15 is 0 Å². The molecular weight excluding hydrogens is 486 g/mol. The molecule has 4 rings (SSSR count). The molecule has 1 aliphatic rings. The van der Waals surface area contributed by atoms with Crippen molar-refractivity contribution in [2.24, 2.45) is 5.92 Å². The minimum atomic E-state index is -0.683. The lowest BCUT2D eigenvalue weighted by Gasteiger charge is -2.25. The molecule has 0 radical (unpaired) electrons. The first-order valence-corrected chi connectivity index (χ1v) is 12.8. The Kier molecular flexibility index (Phi) is 8.96. The highest BCUT2D eigenvalue weighted by molar-refractivity contribution is 5.88. The first kappa shape index (κ1) is 27.1. The number of carbonyl (C=O) groups is 2. The second-order valence-corrected chi connectivity index (χ2v) is 9.63. The van der Waals surface area contributed by atoms with Gasteiger partial charge in [-0.05, 0) is 49.6 Å². The molecule has 4 bridgehead atoms. The number of aryl methyl sites for hydroxylation is 1. The van der Waals surface area contributed by atoms with E-state index in [0.717, 1.165) is 11.3 Å². The molecule has 1 aliphatic heterocycles. The zero-order valence-corrected chi connectivity index (χ0v) is 22.3. The normalized spacial score (nSPS) is 17.7. The van der Waals surface area contributed by atoms with Crippen LogP contribution in [0.3, 0.4) is 0 Å². The first-order chi connectivity index (χ1) is 18.3. The second-order valence-electron chi connectivity index (χ2n) is 9.63. The quantitative estimate of drug-likeness (QED) is 0.538. The maximum Gasteiger partial charge on any atom is 0.243 e. The maximum atomic E-state index is 13.1. The van der Waals surface area contributed by atoms with Gasteiger partial charge in [0.05, 0.1) is 32.5 Å². The molecule has 3 aromatic rings. The van der Waals surface area contributed by atoms with Gasteiger partial charge in [-0.25, -0.2) is 4.98 Å². The van der Waals surface area contributed by atoms with Gasteiger partial charge in [-0.3, -0.25) is 19.5 Å². The van der Waals surface area contributed by atoms with Crippen LogP contribution in [0.4, 0.5) is 0 Å². The Balaban J connectivity index is 1.61. The summed E-state index contributed by atoms with van der Waals surface area (Å²) in [4.78, 5) is 37.1. The van der Waals surface area contributed by atoms with E-state index in [2.05, 4.69) is 20.6 Å². The third kappa shape index (κ3) is 6.89. The highest BCUT2D eigenvalue weighted by Crippen LogP contribution is 2.33. The van der Waals surface area contributed by atoms with Crippen molar-refractivity contribution in [3.05, 3.63) is 59.7 Å². The van der Waals surface area contributed by atoms with E-state index in [0.29, 0.717) is 55.0 Å². The van der Waals surface area contributed by atoms with Crippen LogP contribution in [-0.2, 0) is 22.7 Å². The molecule has 1 aromatic carbocycles. The van der Waals surface area contributed by atoms with Gasteiger partial charge < -0.3 is 24.5 Å². The van der Waals surface area contributed by atoms with Gasteiger partial charge in [0.25, 0.3) is 0 Å². The van der Waals surface area contributed by atoms with E-state index in [-0.39, 0.29) is 30.8 Å². The summed E-state index contributed by atoms with van der Waals surface area (Å²) >= 11 is 0. The summed E-state index contributed by atoms with van der Waals surface area (Å²) in [5.41, 5.74) is 2.21. The molecule has 10 nitrogen and oxygen atoms in total. The number of methoxy groups -OCH3 is 1. The fraction of sp³-hybridized carbons (Fsp3) is 0.429. The summed E-state index contributed by atoms with van der Waals surface area (Å²) in [6, 6.07) is 10.5. The molecule has 38 heavy (non-hydrogen) atoms. The number of fused-ring (bicyclic) bond motifs is 5. The Bertz CT molecular complexity index is 1240. The van der Waals surface area contributed by atoms with Crippen LogP contribution >= 0.6 is 0 Å². The third-order valence-electron chi connectivity index (χ3n) is 6.35. The van der Waals surface area contributed by atoms with Crippen molar-refractivity contribution < 1.29 is 23.5 Å². The van der Waals surface area contributed by atoms with Gasteiger partial charge in [-0.2, -0.15) is 0 Å². The van der Waals surface area contributed by atoms with Crippen LogP contribution in [0.1, 0.15) is 37.4 Å². The number of hydrogen-bond donors (Lipinski definition) is 2. The summed E-state index contributed by atoms with van der Waals surface area (Å²) in [5, 5.41) is 5.82. The van der Waals surface area contributed by atoms with Crippen LogP contribution in [-0.4, -0.2) is 59.5 Å². The highest BCUT2D eigenvalue weighted by atomic mass is 16.5. The Morgan fingerprint density at radius 3 is 2.79 bits per heavy atom. The molecule has 0 spiro atoms. The number of pyridine rings is 1. The monoisotopic (exact) mass is 521 g/mol. The van der Waals surface area contributed by atoms with Crippen molar-refractivity contribution in [3.8, 4) is 23.0 Å². The molecule has 2 N–H and O–H groups in total. The Hall–Kier alpha value is -3.92. The van der Waals surface area contributed by atoms with Crippen LogP contribution in [0.2, 0.25) is 0 Å². The molecule has 0 unspecified atom stereocenters. The number of oxazole rings is 1. The van der Waals surface area contributed by atoms with Gasteiger partial charge in [0.2, 0.25) is 17.7 Å². The number of nitrogens with one attached hydrogen (secondary N) is 2. The molecule has 1 atom stereocenters. The fourth-order valence-electron chi connectivity index (χ4n) is 4.28. The molecule has 0 saturated heterocycles. The molecule has 2 aromatic heterocycles. The van der Waals surface area contributed by atoms with Crippen molar-refractivity contribution in [2.75, 3.05) is 26.8 Å². The van der Waals surface area contributed by atoms with Gasteiger partial charge in [-0.1, -0.05) is 19.9 Å². The van der Waals surface area contributed by atoms with E-state index in [4.69, 9.17) is 13.9 Å². The largest absolute Gasteiger partial charge is 0.493 e. The number of aromatic nitrogens is 2. The summed E-state index contributed by atoms with van der Waals surface area (Å²) in [5.74, 6) is 1.60. The average Bonchev–Trinajstić information content (AvgIpc) is 3.28. The predicted octanol–water partition coefficient (Wildman–Crippen LogP) is 3.10. The lowest BCUT2D eigenvalue weighted by atomic mass is 10.0. The van der Waals surface area contributed by atoms with Crippen LogP contribution in [0.5, 0.6) is 11.5 Å². The first-order valence-electron chi connectivity index (χ1n) is 12.8. The number of benzene rings is 1. The van der Waals surface area contributed by atoms with Crippen molar-refractivity contribution in [2.45, 2.75) is 46.3 Å². The Labute approximate surface area is 222 Å². The van der Waals surface area contributed by atoms with Crippen LogP contribution < -0.4 is 20.1 Å². The summed E-state index contributed by atoms with van der Waals surface area (Å²) in [7, 11) is 1.59. The smallest absolute Gasteiger partial charge is 0.243 e. The van der Waals surface area contributed by atoms with Gasteiger partial charge in [-0.15, -0.1) is 0 Å². The Morgan fingerprint density at radius 1 is 1.21 bits per heavy atom. The predicted molar refractivity (Wildman–Crippen MR) is 141 cm³/mol. The van der Waals surface area contributed by atoms with Crippen LogP contribution in [0, 0.1) is 12.8 Å². The van der Waals surface area contributed by atoms with Crippen molar-refractivity contribution in [3.63, 3.8) is 0 Å².